The van der Waals surface area contributed by atoms with E-state index in [1.807, 2.05) is 30.3 Å². The quantitative estimate of drug-likeness (QED) is 0.325. The van der Waals surface area contributed by atoms with E-state index >= 15 is 0 Å². The van der Waals surface area contributed by atoms with E-state index in [4.69, 9.17) is 17.3 Å². The number of carbonyl (C=O) groups is 4. The van der Waals surface area contributed by atoms with Gasteiger partial charge in [-0.15, -0.1) is 0 Å². The summed E-state index contributed by atoms with van der Waals surface area (Å²) < 4.78 is 0. The van der Waals surface area contributed by atoms with Crippen LogP contribution in [0.1, 0.15) is 46.3 Å². The van der Waals surface area contributed by atoms with E-state index in [2.05, 4.69) is 15.6 Å². The molecule has 1 aliphatic rings. The highest BCUT2D eigenvalue weighted by molar-refractivity contribution is 6.31. The summed E-state index contributed by atoms with van der Waals surface area (Å²) in [6.07, 6.45) is 1.91. The Balaban J connectivity index is 1.49. The zero-order chi connectivity index (χ0) is 28.6. The van der Waals surface area contributed by atoms with Gasteiger partial charge in [0.2, 0.25) is 17.7 Å². The minimum absolute atomic E-state index is 0.0288. The lowest BCUT2D eigenvalue weighted by molar-refractivity contribution is -0.142. The van der Waals surface area contributed by atoms with Gasteiger partial charge in [-0.05, 0) is 42.6 Å². The molecule has 1 aromatic heterocycles. The summed E-state index contributed by atoms with van der Waals surface area (Å²) in [5.41, 5.74) is 8.92. The minimum atomic E-state index is -0.941. The van der Waals surface area contributed by atoms with Gasteiger partial charge in [-0.25, -0.2) is 4.98 Å². The number of ketones is 1. The molecule has 2 heterocycles. The number of nitrogens with two attached hydrogens (primary N) is 1. The first-order valence-corrected chi connectivity index (χ1v) is 13.5. The summed E-state index contributed by atoms with van der Waals surface area (Å²) in [6, 6.07) is 16.3. The predicted octanol–water partition coefficient (Wildman–Crippen LogP) is 3.43. The molecule has 9 nitrogen and oxygen atoms in total. The lowest BCUT2D eigenvalue weighted by Crippen LogP contribution is -2.56. The fourth-order valence-corrected chi connectivity index (χ4v) is 4.78. The van der Waals surface area contributed by atoms with Gasteiger partial charge in [0.15, 0.2) is 5.78 Å². The van der Waals surface area contributed by atoms with Crippen LogP contribution in [0.3, 0.4) is 0 Å². The van der Waals surface area contributed by atoms with Gasteiger partial charge in [-0.3, -0.25) is 19.2 Å². The normalized spacial score (nSPS) is 15.1. The van der Waals surface area contributed by atoms with Gasteiger partial charge in [0.25, 0.3) is 0 Å². The molecule has 40 heavy (non-hydrogen) atoms. The molecule has 10 heteroatoms. The Kier molecular flexibility index (Phi) is 9.63. The third kappa shape index (κ3) is 7.11. The number of aryl methyl sites for hydroxylation is 1. The molecule has 0 spiro atoms. The molecule has 3 aromatic rings. The van der Waals surface area contributed by atoms with Gasteiger partial charge in [-0.1, -0.05) is 66.2 Å². The van der Waals surface area contributed by atoms with Crippen molar-refractivity contribution in [1.82, 2.24) is 15.2 Å². The predicted molar refractivity (Wildman–Crippen MR) is 153 cm³/mol. The Hall–Kier alpha value is -4.08. The van der Waals surface area contributed by atoms with E-state index in [0.717, 1.165) is 16.7 Å². The summed E-state index contributed by atoms with van der Waals surface area (Å²) in [4.78, 5) is 58.3. The van der Waals surface area contributed by atoms with E-state index in [-0.39, 0.29) is 50.5 Å². The summed E-state index contributed by atoms with van der Waals surface area (Å²) >= 11 is 6.03. The second-order valence-electron chi connectivity index (χ2n) is 9.75. The molecular formula is C30H32ClN5O4. The molecule has 2 atom stereocenters. The molecule has 0 saturated carbocycles. The van der Waals surface area contributed by atoms with Crippen molar-refractivity contribution in [3.05, 3.63) is 94.1 Å². The first-order valence-electron chi connectivity index (χ1n) is 13.1. The number of anilines is 1. The number of rotatable bonds is 10. The molecule has 0 radical (unpaired) electrons. The van der Waals surface area contributed by atoms with Crippen molar-refractivity contribution in [3.63, 3.8) is 0 Å². The molecular weight excluding hydrogens is 530 g/mol. The van der Waals surface area contributed by atoms with Crippen molar-refractivity contribution in [3.8, 4) is 0 Å². The molecule has 0 fully saturated rings. The van der Waals surface area contributed by atoms with E-state index in [0.29, 0.717) is 16.4 Å². The Morgan fingerprint density at radius 1 is 1.05 bits per heavy atom. The maximum atomic E-state index is 13.6. The van der Waals surface area contributed by atoms with Crippen LogP contribution in [-0.4, -0.2) is 52.0 Å². The van der Waals surface area contributed by atoms with Crippen LogP contribution in [0.4, 0.5) is 5.82 Å². The van der Waals surface area contributed by atoms with Crippen LogP contribution >= 0.6 is 11.6 Å². The zero-order valence-electron chi connectivity index (χ0n) is 22.2. The molecule has 208 valence electrons. The molecule has 1 aliphatic heterocycles. The minimum Gasteiger partial charge on any atom is -0.342 e. The molecule has 0 saturated heterocycles. The number of amides is 3. The smallest absolute Gasteiger partial charge is 0.248 e. The van der Waals surface area contributed by atoms with Gasteiger partial charge >= 0.3 is 0 Å². The summed E-state index contributed by atoms with van der Waals surface area (Å²) in [5.74, 6) is -1.09. The van der Waals surface area contributed by atoms with Crippen molar-refractivity contribution in [2.24, 2.45) is 5.73 Å². The fraction of sp³-hybridized carbons (Fsp3) is 0.300. The summed E-state index contributed by atoms with van der Waals surface area (Å²) in [7, 11) is 0. The summed E-state index contributed by atoms with van der Waals surface area (Å²) in [6.45, 7) is 2.18. The Labute approximate surface area is 238 Å². The van der Waals surface area contributed by atoms with Crippen LogP contribution in [0.15, 0.2) is 66.9 Å². The topological polar surface area (TPSA) is 134 Å². The number of hydrogen-bond donors (Lipinski definition) is 3. The maximum Gasteiger partial charge on any atom is 0.248 e. The van der Waals surface area contributed by atoms with Gasteiger partial charge in [-0.2, -0.15) is 0 Å². The molecule has 0 bridgehead atoms. The monoisotopic (exact) mass is 561 g/mol. The second-order valence-corrected chi connectivity index (χ2v) is 10.2. The fourth-order valence-electron chi connectivity index (χ4n) is 4.68. The molecule has 3 amide bonds. The highest BCUT2D eigenvalue weighted by Gasteiger charge is 2.36. The van der Waals surface area contributed by atoms with Crippen LogP contribution in [0.25, 0.3) is 0 Å². The third-order valence-corrected chi connectivity index (χ3v) is 7.32. The molecule has 2 aromatic carbocycles. The van der Waals surface area contributed by atoms with Crippen molar-refractivity contribution < 1.29 is 19.2 Å². The second kappa shape index (κ2) is 13.3. The van der Waals surface area contributed by atoms with Gasteiger partial charge in [0.1, 0.15) is 17.9 Å². The largest absolute Gasteiger partial charge is 0.342 e. The van der Waals surface area contributed by atoms with Crippen LogP contribution in [-0.2, 0) is 27.3 Å². The third-order valence-electron chi connectivity index (χ3n) is 6.92. The first-order chi connectivity index (χ1) is 19.3. The van der Waals surface area contributed by atoms with Gasteiger partial charge in [0, 0.05) is 37.6 Å². The lowest BCUT2D eigenvalue weighted by atomic mass is 9.92. The standard InChI is InChI=1S/C30H32ClN5O4/c1-19-15-27(33-17-23(19)31)35-29(39)24(13-14-32)34-30(40)25-16-21-9-5-6-10-22(21)18-36(25)28(38)12-11-26(37)20-7-3-2-4-8-20/h2-10,15,17,24-25H,11-14,16,18,32H2,1H3,(H,34,40)(H,33,35,39)/t24-,25-/m0/s1. The number of pyridine rings is 1. The van der Waals surface area contributed by atoms with Crippen LogP contribution in [0, 0.1) is 6.92 Å². The van der Waals surface area contributed by atoms with E-state index in [9.17, 15) is 19.2 Å². The van der Waals surface area contributed by atoms with Crippen LogP contribution < -0.4 is 16.4 Å². The first kappa shape index (κ1) is 28.9. The Morgan fingerprint density at radius 3 is 2.45 bits per heavy atom. The Morgan fingerprint density at radius 2 is 1.75 bits per heavy atom. The number of carbonyl (C=O) groups excluding carboxylic acids is 4. The van der Waals surface area contributed by atoms with Crippen molar-refractivity contribution in [2.75, 3.05) is 11.9 Å². The number of nitrogens with one attached hydrogen (secondary N) is 2. The van der Waals surface area contributed by atoms with Crippen molar-refractivity contribution in [1.29, 1.82) is 0 Å². The van der Waals surface area contributed by atoms with E-state index < -0.39 is 23.9 Å². The molecule has 0 unspecified atom stereocenters. The zero-order valence-corrected chi connectivity index (χ0v) is 23.0. The average molecular weight is 562 g/mol. The van der Waals surface area contributed by atoms with E-state index in [1.54, 1.807) is 37.3 Å². The molecule has 4 rings (SSSR count). The number of aromatic nitrogens is 1. The SMILES string of the molecule is Cc1cc(NC(=O)[C@H](CCN)NC(=O)[C@@H]2Cc3ccccc3CN2C(=O)CCC(=O)c2ccccc2)ncc1Cl. The number of fused-ring (bicyclic) bond motifs is 1. The average Bonchev–Trinajstić information content (AvgIpc) is 2.97. The van der Waals surface area contributed by atoms with Gasteiger partial charge in [0.05, 0.1) is 5.02 Å². The summed E-state index contributed by atoms with van der Waals surface area (Å²) in [5, 5.41) is 5.97. The van der Waals surface area contributed by atoms with Crippen molar-refractivity contribution >= 4 is 40.9 Å². The number of nitrogens with zero attached hydrogens (tertiary/aromatic N) is 2. The number of benzene rings is 2. The van der Waals surface area contributed by atoms with Crippen molar-refractivity contribution in [2.45, 2.75) is 51.2 Å². The highest BCUT2D eigenvalue weighted by Crippen LogP contribution is 2.25. The molecule has 4 N–H and O–H groups in total. The number of Topliss-reactive ketones (excluding diaryl/α,β-unsaturated/α-hetero) is 1. The highest BCUT2D eigenvalue weighted by atomic mass is 35.5. The maximum absolute atomic E-state index is 13.6. The van der Waals surface area contributed by atoms with E-state index in [1.165, 1.54) is 11.1 Å². The lowest BCUT2D eigenvalue weighted by Gasteiger charge is -2.36. The molecule has 0 aliphatic carbocycles. The van der Waals surface area contributed by atoms with Crippen LogP contribution in [0.5, 0.6) is 0 Å². The van der Waals surface area contributed by atoms with Crippen LogP contribution in [0.2, 0.25) is 5.02 Å². The number of halogens is 1. The number of hydrogen-bond acceptors (Lipinski definition) is 6. The van der Waals surface area contributed by atoms with Gasteiger partial charge < -0.3 is 21.3 Å². The Bertz CT molecular complexity index is 1400.